The normalized spacial score (nSPS) is 14.6. The molecule has 0 aliphatic carbocycles. The first kappa shape index (κ1) is 16.0. The van der Waals surface area contributed by atoms with E-state index in [4.69, 9.17) is 11.6 Å². The van der Waals surface area contributed by atoms with Crippen molar-refractivity contribution in [1.29, 1.82) is 0 Å². The van der Waals surface area contributed by atoms with Crippen LogP contribution in [0.3, 0.4) is 0 Å². The molecule has 0 amide bonds. The van der Waals surface area contributed by atoms with E-state index in [1.54, 1.807) is 0 Å². The zero-order valence-electron chi connectivity index (χ0n) is 14.1. The molecule has 25 heavy (non-hydrogen) atoms. The summed E-state index contributed by atoms with van der Waals surface area (Å²) in [6.45, 7) is 4.13. The van der Waals surface area contributed by atoms with Crippen LogP contribution in [-0.4, -0.2) is 26.2 Å². The second-order valence-corrected chi connectivity index (χ2v) is 6.80. The summed E-state index contributed by atoms with van der Waals surface area (Å²) < 4.78 is 0. The first-order valence-corrected chi connectivity index (χ1v) is 9.08. The second-order valence-electron chi connectivity index (χ2n) is 6.36. The summed E-state index contributed by atoms with van der Waals surface area (Å²) in [6.07, 6.45) is 0. The van der Waals surface area contributed by atoms with Gasteiger partial charge < -0.3 is 9.80 Å². The van der Waals surface area contributed by atoms with E-state index in [0.29, 0.717) is 0 Å². The zero-order chi connectivity index (χ0) is 17.1. The highest BCUT2D eigenvalue weighted by atomic mass is 35.5. The van der Waals surface area contributed by atoms with Gasteiger partial charge in [0, 0.05) is 42.6 Å². The highest BCUT2D eigenvalue weighted by Crippen LogP contribution is 2.25. The van der Waals surface area contributed by atoms with Gasteiger partial charge in [0.05, 0.1) is 0 Å². The summed E-state index contributed by atoms with van der Waals surface area (Å²) in [7, 11) is 0. The van der Waals surface area contributed by atoms with Crippen molar-refractivity contribution in [2.24, 2.45) is 0 Å². The van der Waals surface area contributed by atoms with Gasteiger partial charge in [-0.2, -0.15) is 0 Å². The fourth-order valence-electron chi connectivity index (χ4n) is 3.37. The molecule has 3 heteroatoms. The minimum absolute atomic E-state index is 0.792. The van der Waals surface area contributed by atoms with Gasteiger partial charge in [0.1, 0.15) is 0 Å². The molecule has 0 spiro atoms. The number of hydrogen-bond donors (Lipinski definition) is 0. The lowest BCUT2D eigenvalue weighted by molar-refractivity contribution is 0.653. The van der Waals surface area contributed by atoms with Gasteiger partial charge in [0.15, 0.2) is 0 Å². The molecule has 3 aromatic carbocycles. The van der Waals surface area contributed by atoms with E-state index < -0.39 is 0 Å². The van der Waals surface area contributed by atoms with Crippen molar-refractivity contribution in [2.45, 2.75) is 0 Å². The Labute approximate surface area is 154 Å². The first-order valence-electron chi connectivity index (χ1n) is 8.70. The largest absolute Gasteiger partial charge is 0.368 e. The molecule has 1 fully saturated rings. The van der Waals surface area contributed by atoms with E-state index in [1.807, 2.05) is 12.1 Å². The molecule has 0 saturated carbocycles. The van der Waals surface area contributed by atoms with Crippen molar-refractivity contribution in [2.75, 3.05) is 36.0 Å². The van der Waals surface area contributed by atoms with Crippen LogP contribution in [0.25, 0.3) is 11.1 Å². The molecule has 126 valence electrons. The van der Waals surface area contributed by atoms with Crippen molar-refractivity contribution in [3.05, 3.63) is 83.9 Å². The Morgan fingerprint density at radius 2 is 0.960 bits per heavy atom. The summed E-state index contributed by atoms with van der Waals surface area (Å²) in [5, 5.41) is 0.792. The number of benzene rings is 3. The highest BCUT2D eigenvalue weighted by molar-refractivity contribution is 6.30. The average Bonchev–Trinajstić information content (AvgIpc) is 2.70. The Balaban J connectivity index is 1.41. The SMILES string of the molecule is Clc1ccc(N2CCN(c3ccc(-c4ccccc4)cc3)CC2)cc1. The Bertz CT molecular complexity index is 805. The van der Waals surface area contributed by atoms with Crippen LogP contribution < -0.4 is 9.80 Å². The molecule has 1 saturated heterocycles. The predicted molar refractivity (Wildman–Crippen MR) is 108 cm³/mol. The van der Waals surface area contributed by atoms with Crippen molar-refractivity contribution < 1.29 is 0 Å². The van der Waals surface area contributed by atoms with E-state index >= 15 is 0 Å². The molecule has 1 aliphatic heterocycles. The molecule has 0 radical (unpaired) electrons. The van der Waals surface area contributed by atoms with E-state index in [1.165, 1.54) is 22.5 Å². The van der Waals surface area contributed by atoms with Crippen LogP contribution in [0.2, 0.25) is 5.02 Å². The number of rotatable bonds is 3. The molecular formula is C22H21ClN2. The summed E-state index contributed by atoms with van der Waals surface area (Å²) in [5.41, 5.74) is 5.09. The van der Waals surface area contributed by atoms with Gasteiger partial charge in [-0.3, -0.25) is 0 Å². The molecule has 0 N–H and O–H groups in total. The van der Waals surface area contributed by atoms with Crippen molar-refractivity contribution in [3.8, 4) is 11.1 Å². The Hall–Kier alpha value is -2.45. The summed E-state index contributed by atoms with van der Waals surface area (Å²) in [5.74, 6) is 0. The molecular weight excluding hydrogens is 328 g/mol. The minimum Gasteiger partial charge on any atom is -0.368 e. The molecule has 0 unspecified atom stereocenters. The van der Waals surface area contributed by atoms with Crippen LogP contribution in [0.5, 0.6) is 0 Å². The smallest absolute Gasteiger partial charge is 0.0407 e. The quantitative estimate of drug-likeness (QED) is 0.631. The monoisotopic (exact) mass is 348 g/mol. The van der Waals surface area contributed by atoms with E-state index in [0.717, 1.165) is 31.2 Å². The van der Waals surface area contributed by atoms with Crippen LogP contribution in [-0.2, 0) is 0 Å². The highest BCUT2D eigenvalue weighted by Gasteiger charge is 2.17. The third-order valence-corrected chi connectivity index (χ3v) is 5.06. The van der Waals surface area contributed by atoms with Crippen LogP contribution >= 0.6 is 11.6 Å². The fourth-order valence-corrected chi connectivity index (χ4v) is 3.50. The van der Waals surface area contributed by atoms with Gasteiger partial charge in [0.25, 0.3) is 0 Å². The van der Waals surface area contributed by atoms with E-state index in [9.17, 15) is 0 Å². The molecule has 4 rings (SSSR count). The van der Waals surface area contributed by atoms with Gasteiger partial charge in [-0.15, -0.1) is 0 Å². The third-order valence-electron chi connectivity index (χ3n) is 4.81. The number of piperazine rings is 1. The maximum absolute atomic E-state index is 5.98. The van der Waals surface area contributed by atoms with E-state index in [2.05, 4.69) is 76.5 Å². The lowest BCUT2D eigenvalue weighted by Gasteiger charge is -2.37. The standard InChI is InChI=1S/C22H21ClN2/c23-20-8-12-22(13-9-20)25-16-14-24(15-17-25)21-10-6-19(7-11-21)18-4-2-1-3-5-18/h1-13H,14-17H2. The van der Waals surface area contributed by atoms with Crippen LogP contribution in [0, 0.1) is 0 Å². The van der Waals surface area contributed by atoms with Gasteiger partial charge >= 0.3 is 0 Å². The van der Waals surface area contributed by atoms with Gasteiger partial charge in [-0.1, -0.05) is 54.1 Å². The average molecular weight is 349 g/mol. The third kappa shape index (κ3) is 3.64. The lowest BCUT2D eigenvalue weighted by atomic mass is 10.1. The van der Waals surface area contributed by atoms with Crippen LogP contribution in [0.15, 0.2) is 78.9 Å². The number of nitrogens with zero attached hydrogens (tertiary/aromatic N) is 2. The van der Waals surface area contributed by atoms with E-state index in [-0.39, 0.29) is 0 Å². The molecule has 1 heterocycles. The minimum atomic E-state index is 0.792. The molecule has 1 aliphatic rings. The molecule has 0 atom stereocenters. The first-order chi connectivity index (χ1) is 12.3. The topological polar surface area (TPSA) is 6.48 Å². The van der Waals surface area contributed by atoms with Gasteiger partial charge in [-0.05, 0) is 47.5 Å². The summed E-state index contributed by atoms with van der Waals surface area (Å²) in [6, 6.07) is 27.6. The molecule has 0 bridgehead atoms. The van der Waals surface area contributed by atoms with Crippen molar-refractivity contribution in [1.82, 2.24) is 0 Å². The number of hydrogen-bond acceptors (Lipinski definition) is 2. The fraction of sp³-hybridized carbons (Fsp3) is 0.182. The Morgan fingerprint density at radius 3 is 1.48 bits per heavy atom. The second kappa shape index (κ2) is 7.20. The zero-order valence-corrected chi connectivity index (χ0v) is 14.9. The summed E-state index contributed by atoms with van der Waals surface area (Å²) >= 11 is 5.98. The molecule has 3 aromatic rings. The number of halogens is 1. The maximum Gasteiger partial charge on any atom is 0.0407 e. The lowest BCUT2D eigenvalue weighted by Crippen LogP contribution is -2.46. The predicted octanol–water partition coefficient (Wildman–Crippen LogP) is 5.33. The van der Waals surface area contributed by atoms with Gasteiger partial charge in [-0.25, -0.2) is 0 Å². The molecule has 0 aromatic heterocycles. The van der Waals surface area contributed by atoms with Gasteiger partial charge in [0.2, 0.25) is 0 Å². The van der Waals surface area contributed by atoms with Crippen molar-refractivity contribution in [3.63, 3.8) is 0 Å². The maximum atomic E-state index is 5.98. The molecule has 2 nitrogen and oxygen atoms in total. The number of anilines is 2. The Morgan fingerprint density at radius 1 is 0.520 bits per heavy atom. The van der Waals surface area contributed by atoms with Crippen LogP contribution in [0.4, 0.5) is 11.4 Å². The Kier molecular flexibility index (Phi) is 4.62. The van der Waals surface area contributed by atoms with Crippen LogP contribution in [0.1, 0.15) is 0 Å². The summed E-state index contributed by atoms with van der Waals surface area (Å²) in [4.78, 5) is 4.88. The van der Waals surface area contributed by atoms with Crippen molar-refractivity contribution >= 4 is 23.0 Å².